The number of fused-ring (bicyclic) bond motifs is 1. The van der Waals surface area contributed by atoms with E-state index in [0.29, 0.717) is 28.9 Å². The molecule has 4 aromatic rings. The number of nitrogens with zero attached hydrogens (tertiary/aromatic N) is 5. The second-order valence-corrected chi connectivity index (χ2v) is 5.20. The van der Waals surface area contributed by atoms with Gasteiger partial charge in [-0.25, -0.2) is 14.5 Å². The largest absolute Gasteiger partial charge is 0.481 e. The van der Waals surface area contributed by atoms with Crippen LogP contribution in [0.25, 0.3) is 28.2 Å². The summed E-state index contributed by atoms with van der Waals surface area (Å²) in [6.07, 6.45) is 3.39. The number of aryl methyl sites for hydroxylation is 1. The molecule has 4 aromatic heterocycles. The first kappa shape index (κ1) is 14.2. The fourth-order valence-electron chi connectivity index (χ4n) is 2.49. The van der Waals surface area contributed by atoms with Crippen molar-refractivity contribution in [3.8, 4) is 28.5 Å². The average molecular weight is 322 g/mol. The van der Waals surface area contributed by atoms with Crippen molar-refractivity contribution in [2.24, 2.45) is 0 Å². The van der Waals surface area contributed by atoms with Gasteiger partial charge in [0.1, 0.15) is 5.69 Å². The first-order valence-electron chi connectivity index (χ1n) is 7.23. The number of hydrogen-bond donors (Lipinski definition) is 1. The van der Waals surface area contributed by atoms with Gasteiger partial charge in [0.25, 0.3) is 0 Å². The minimum atomic E-state index is 0.192. The smallest absolute Gasteiger partial charge is 0.240 e. The standard InChI is InChI=1S/C16H14N6O2/c1-9-18-8-13(24-9)12-5-11(6-14-20-16(17)21-22(12)14)10-3-4-15(23-2)19-7-10/h3-8H,1-2H3,(H2,17,21). The number of oxazole rings is 1. The van der Waals surface area contributed by atoms with Crippen LogP contribution in [0.3, 0.4) is 0 Å². The Kier molecular flexibility index (Phi) is 3.16. The first-order chi connectivity index (χ1) is 11.6. The highest BCUT2D eigenvalue weighted by atomic mass is 16.5. The normalized spacial score (nSPS) is 11.1. The average Bonchev–Trinajstić information content (AvgIpc) is 3.18. The number of hydrogen-bond acceptors (Lipinski definition) is 7. The van der Waals surface area contributed by atoms with Crippen molar-refractivity contribution in [3.05, 3.63) is 42.5 Å². The van der Waals surface area contributed by atoms with E-state index in [9.17, 15) is 0 Å². The third kappa shape index (κ3) is 2.34. The van der Waals surface area contributed by atoms with E-state index in [1.54, 1.807) is 37.0 Å². The highest BCUT2D eigenvalue weighted by Crippen LogP contribution is 2.29. The molecule has 0 aliphatic rings. The summed E-state index contributed by atoms with van der Waals surface area (Å²) in [7, 11) is 1.58. The van der Waals surface area contributed by atoms with E-state index < -0.39 is 0 Å². The first-order valence-corrected chi connectivity index (χ1v) is 7.23. The Balaban J connectivity index is 1.93. The Bertz CT molecular complexity index is 1020. The molecule has 0 unspecified atom stereocenters. The van der Waals surface area contributed by atoms with Gasteiger partial charge < -0.3 is 14.9 Å². The van der Waals surface area contributed by atoms with E-state index in [4.69, 9.17) is 14.9 Å². The Morgan fingerprint density at radius 3 is 2.67 bits per heavy atom. The molecule has 2 N–H and O–H groups in total. The van der Waals surface area contributed by atoms with E-state index >= 15 is 0 Å². The summed E-state index contributed by atoms with van der Waals surface area (Å²) in [5.41, 5.74) is 8.90. The van der Waals surface area contributed by atoms with Gasteiger partial charge in [-0.2, -0.15) is 4.98 Å². The van der Waals surface area contributed by atoms with Crippen molar-refractivity contribution in [3.63, 3.8) is 0 Å². The van der Waals surface area contributed by atoms with Gasteiger partial charge >= 0.3 is 0 Å². The van der Waals surface area contributed by atoms with E-state index in [2.05, 4.69) is 20.1 Å². The molecule has 0 atom stereocenters. The Morgan fingerprint density at radius 2 is 2.00 bits per heavy atom. The lowest BCUT2D eigenvalue weighted by Crippen LogP contribution is -1.96. The molecule has 0 spiro atoms. The molecule has 4 rings (SSSR count). The minimum absolute atomic E-state index is 0.192. The SMILES string of the molecule is COc1ccc(-c2cc(-c3cnc(C)o3)n3nc(N)nc3c2)cn1. The Labute approximate surface area is 136 Å². The van der Waals surface area contributed by atoms with Gasteiger partial charge in [0.05, 0.1) is 13.3 Å². The molecule has 120 valence electrons. The third-order valence-corrected chi connectivity index (χ3v) is 3.61. The number of nitrogens with two attached hydrogens (primary N) is 1. The van der Waals surface area contributed by atoms with Gasteiger partial charge in [-0.15, -0.1) is 5.10 Å². The molecule has 8 nitrogen and oxygen atoms in total. The summed E-state index contributed by atoms with van der Waals surface area (Å²) >= 11 is 0. The Hall–Kier alpha value is -3.42. The van der Waals surface area contributed by atoms with Crippen LogP contribution in [0.5, 0.6) is 5.88 Å². The molecule has 0 amide bonds. The number of nitrogen functional groups attached to an aromatic ring is 1. The summed E-state index contributed by atoms with van der Waals surface area (Å²) in [5, 5.41) is 4.22. The van der Waals surface area contributed by atoms with Crippen LogP contribution in [0.4, 0.5) is 5.95 Å². The van der Waals surface area contributed by atoms with Crippen LogP contribution < -0.4 is 10.5 Å². The monoisotopic (exact) mass is 322 g/mol. The van der Waals surface area contributed by atoms with Crippen molar-refractivity contribution in [2.45, 2.75) is 6.92 Å². The number of rotatable bonds is 3. The van der Waals surface area contributed by atoms with Crippen molar-refractivity contribution in [1.82, 2.24) is 24.6 Å². The lowest BCUT2D eigenvalue weighted by Gasteiger charge is -2.06. The van der Waals surface area contributed by atoms with Gasteiger partial charge in [0, 0.05) is 24.8 Å². The van der Waals surface area contributed by atoms with Crippen molar-refractivity contribution >= 4 is 11.6 Å². The maximum Gasteiger partial charge on any atom is 0.240 e. The molecular weight excluding hydrogens is 308 g/mol. The Morgan fingerprint density at radius 1 is 1.12 bits per heavy atom. The van der Waals surface area contributed by atoms with Crippen LogP contribution in [0.15, 0.2) is 41.1 Å². The topological polar surface area (TPSA) is 104 Å². The third-order valence-electron chi connectivity index (χ3n) is 3.61. The van der Waals surface area contributed by atoms with Gasteiger partial charge in [0.15, 0.2) is 17.3 Å². The lowest BCUT2D eigenvalue weighted by molar-refractivity contribution is 0.398. The van der Waals surface area contributed by atoms with Gasteiger partial charge in [-0.05, 0) is 23.8 Å². The second-order valence-electron chi connectivity index (χ2n) is 5.20. The minimum Gasteiger partial charge on any atom is -0.481 e. The maximum atomic E-state index is 5.75. The fraction of sp³-hybridized carbons (Fsp3) is 0.125. The molecule has 0 saturated carbocycles. The zero-order valence-corrected chi connectivity index (χ0v) is 13.1. The predicted octanol–water partition coefficient (Wildman–Crippen LogP) is 2.35. The molecule has 0 aliphatic carbocycles. The zero-order chi connectivity index (χ0) is 16.7. The molecule has 0 aliphatic heterocycles. The van der Waals surface area contributed by atoms with Crippen LogP contribution in [-0.4, -0.2) is 31.7 Å². The maximum absolute atomic E-state index is 5.75. The summed E-state index contributed by atoms with van der Waals surface area (Å²) in [5.74, 6) is 1.91. The van der Waals surface area contributed by atoms with E-state index in [1.165, 1.54) is 0 Å². The summed E-state index contributed by atoms with van der Waals surface area (Å²) < 4.78 is 12.4. The summed E-state index contributed by atoms with van der Waals surface area (Å²) in [6, 6.07) is 7.55. The number of pyridine rings is 2. The molecule has 0 aromatic carbocycles. The molecular formula is C16H14N6O2. The number of anilines is 1. The molecule has 24 heavy (non-hydrogen) atoms. The number of methoxy groups -OCH3 is 1. The molecule has 4 heterocycles. The van der Waals surface area contributed by atoms with Crippen molar-refractivity contribution in [1.29, 1.82) is 0 Å². The van der Waals surface area contributed by atoms with Gasteiger partial charge in [-0.3, -0.25) is 0 Å². The highest BCUT2D eigenvalue weighted by molar-refractivity contribution is 5.73. The molecule has 8 heteroatoms. The predicted molar refractivity (Wildman–Crippen MR) is 87.4 cm³/mol. The van der Waals surface area contributed by atoms with Crippen molar-refractivity contribution in [2.75, 3.05) is 12.8 Å². The summed E-state index contributed by atoms with van der Waals surface area (Å²) in [6.45, 7) is 1.79. The molecule has 0 radical (unpaired) electrons. The number of aromatic nitrogens is 5. The van der Waals surface area contributed by atoms with Crippen LogP contribution in [0.2, 0.25) is 0 Å². The van der Waals surface area contributed by atoms with Crippen LogP contribution in [-0.2, 0) is 0 Å². The lowest BCUT2D eigenvalue weighted by atomic mass is 10.1. The number of ether oxygens (including phenoxy) is 1. The molecule has 0 fully saturated rings. The van der Waals surface area contributed by atoms with Crippen molar-refractivity contribution < 1.29 is 9.15 Å². The van der Waals surface area contributed by atoms with Crippen LogP contribution in [0, 0.1) is 6.92 Å². The molecule has 0 saturated heterocycles. The van der Waals surface area contributed by atoms with E-state index in [-0.39, 0.29) is 5.95 Å². The second kappa shape index (κ2) is 5.34. The van der Waals surface area contributed by atoms with Crippen LogP contribution in [0.1, 0.15) is 5.89 Å². The quantitative estimate of drug-likeness (QED) is 0.617. The zero-order valence-electron chi connectivity index (χ0n) is 13.1. The van der Waals surface area contributed by atoms with Gasteiger partial charge in [0.2, 0.25) is 11.8 Å². The van der Waals surface area contributed by atoms with Gasteiger partial charge in [-0.1, -0.05) is 0 Å². The van der Waals surface area contributed by atoms with E-state index in [1.807, 2.05) is 18.2 Å². The highest BCUT2D eigenvalue weighted by Gasteiger charge is 2.14. The molecule has 0 bridgehead atoms. The van der Waals surface area contributed by atoms with E-state index in [0.717, 1.165) is 11.1 Å². The van der Waals surface area contributed by atoms with Crippen LogP contribution >= 0.6 is 0 Å². The summed E-state index contributed by atoms with van der Waals surface area (Å²) in [4.78, 5) is 12.6. The fourth-order valence-corrected chi connectivity index (χ4v) is 2.49.